The fraction of sp³-hybridized carbons (Fsp3) is 0.568. The van der Waals surface area contributed by atoms with Gasteiger partial charge in [0.15, 0.2) is 29.0 Å². The van der Waals surface area contributed by atoms with Gasteiger partial charge in [-0.05, 0) is 61.8 Å². The van der Waals surface area contributed by atoms with Crippen LogP contribution in [-0.4, -0.2) is 84.4 Å². The number of ether oxygens (including phenoxy) is 3. The van der Waals surface area contributed by atoms with Gasteiger partial charge in [-0.25, -0.2) is 0 Å². The minimum atomic E-state index is -1.11. The third-order valence-corrected chi connectivity index (χ3v) is 12.1. The van der Waals surface area contributed by atoms with E-state index in [1.807, 2.05) is 0 Å². The topological polar surface area (TPSA) is 168 Å². The van der Waals surface area contributed by atoms with E-state index >= 15 is 0 Å². The molecular weight excluding hydrogens is 677 g/mol. The Hall–Kier alpha value is -3.28. The molecule has 2 bridgehead atoms. The van der Waals surface area contributed by atoms with E-state index in [-0.39, 0.29) is 61.2 Å². The maximum atomic E-state index is 13.0. The zero-order valence-electron chi connectivity index (χ0n) is 29.3. The lowest BCUT2D eigenvalue weighted by Crippen LogP contribution is -2.45. The lowest BCUT2D eigenvalue weighted by Gasteiger charge is -2.37. The first kappa shape index (κ1) is 38.0. The molecule has 0 aromatic heterocycles. The number of hydrogen-bond acceptors (Lipinski definition) is 13. The SMILES string of the molecule is CNCOc1c2cc(c3c1OC(O)C(C1CN=C(N)NC(C(C)C)CSSC1)C3)CCC(O)CC(=O)CCc1ccc(O)c(OC)c1C#CC2. The lowest BCUT2D eigenvalue weighted by molar-refractivity contribution is -0.121. The fourth-order valence-corrected chi connectivity index (χ4v) is 9.49. The highest BCUT2D eigenvalue weighted by Crippen LogP contribution is 2.46. The first-order valence-corrected chi connectivity index (χ1v) is 19.8. The van der Waals surface area contributed by atoms with Gasteiger partial charge in [-0.15, -0.1) is 0 Å². The highest BCUT2D eigenvalue weighted by Gasteiger charge is 2.38. The average molecular weight is 727 g/mol. The van der Waals surface area contributed by atoms with Crippen molar-refractivity contribution >= 4 is 33.3 Å². The molecule has 2 aromatic carbocycles. The number of aliphatic hydroxyl groups is 2. The number of phenolic OH excluding ortho intramolecular Hbond substituents is 1. The molecule has 2 aliphatic heterocycles. The Bertz CT molecular complexity index is 1610. The number of nitrogens with zero attached hydrogens (tertiary/aromatic N) is 1. The van der Waals surface area contributed by atoms with E-state index in [9.17, 15) is 20.1 Å². The highest BCUT2D eigenvalue weighted by atomic mass is 33.1. The summed E-state index contributed by atoms with van der Waals surface area (Å²) in [7, 11) is 6.83. The number of nitrogens with two attached hydrogens (primary N) is 1. The Balaban J connectivity index is 1.55. The molecule has 5 rings (SSSR count). The number of Topliss-reactive ketones (excluding diaryl/α,β-unsaturated/α-hetero) is 1. The summed E-state index contributed by atoms with van der Waals surface area (Å²) in [6.07, 6.45) is 0.399. The van der Waals surface area contributed by atoms with Crippen LogP contribution in [0.25, 0.3) is 0 Å². The number of phenols is 1. The zero-order valence-corrected chi connectivity index (χ0v) is 30.9. The molecule has 11 nitrogen and oxygen atoms in total. The van der Waals surface area contributed by atoms with Crippen LogP contribution in [0.1, 0.15) is 60.9 Å². The highest BCUT2D eigenvalue weighted by molar-refractivity contribution is 8.76. The summed E-state index contributed by atoms with van der Waals surface area (Å²) in [5, 5.41) is 39.5. The van der Waals surface area contributed by atoms with Crippen molar-refractivity contribution in [1.29, 1.82) is 0 Å². The molecular formula is C37H50N4O7S2. The smallest absolute Gasteiger partial charge is 0.201 e. The van der Waals surface area contributed by atoms with Crippen LogP contribution >= 0.6 is 21.6 Å². The van der Waals surface area contributed by atoms with Gasteiger partial charge in [0, 0.05) is 60.4 Å². The number of rotatable bonds is 6. The van der Waals surface area contributed by atoms with Gasteiger partial charge < -0.3 is 40.6 Å². The Kier molecular flexibility index (Phi) is 13.5. The van der Waals surface area contributed by atoms with E-state index in [1.54, 1.807) is 40.8 Å². The number of aryl methyl sites for hydroxylation is 2. The fourth-order valence-electron chi connectivity index (χ4n) is 6.62. The number of carbonyl (C=O) groups is 1. The molecule has 272 valence electrons. The average Bonchev–Trinajstić information content (AvgIpc) is 3.08. The summed E-state index contributed by atoms with van der Waals surface area (Å²) >= 11 is 0. The largest absolute Gasteiger partial charge is 0.504 e. The monoisotopic (exact) mass is 726 g/mol. The van der Waals surface area contributed by atoms with Crippen molar-refractivity contribution in [1.82, 2.24) is 10.6 Å². The molecule has 5 atom stereocenters. The van der Waals surface area contributed by atoms with E-state index in [1.165, 1.54) is 7.11 Å². The minimum Gasteiger partial charge on any atom is -0.504 e. The van der Waals surface area contributed by atoms with E-state index in [0.717, 1.165) is 33.8 Å². The molecule has 3 aliphatic rings. The summed E-state index contributed by atoms with van der Waals surface area (Å²) in [6.45, 7) is 4.97. The van der Waals surface area contributed by atoms with Crippen LogP contribution in [0.15, 0.2) is 23.2 Å². The van der Waals surface area contributed by atoms with Crippen LogP contribution in [0.4, 0.5) is 0 Å². The van der Waals surface area contributed by atoms with E-state index in [4.69, 9.17) is 24.9 Å². The number of nitrogens with one attached hydrogen (secondary N) is 2. The molecule has 0 radical (unpaired) electrons. The normalized spacial score (nSPS) is 24.8. The van der Waals surface area contributed by atoms with Gasteiger partial charge >= 0.3 is 0 Å². The van der Waals surface area contributed by atoms with Crippen LogP contribution in [0.2, 0.25) is 0 Å². The summed E-state index contributed by atoms with van der Waals surface area (Å²) in [4.78, 5) is 17.7. The van der Waals surface area contributed by atoms with Gasteiger partial charge in [-0.2, -0.15) is 0 Å². The minimum absolute atomic E-state index is 0.0250. The van der Waals surface area contributed by atoms with E-state index in [2.05, 4.69) is 42.4 Å². The van der Waals surface area contributed by atoms with E-state index < -0.39 is 12.4 Å². The van der Waals surface area contributed by atoms with Crippen molar-refractivity contribution in [2.24, 2.45) is 28.5 Å². The maximum absolute atomic E-state index is 13.0. The third-order valence-electron chi connectivity index (χ3n) is 9.57. The summed E-state index contributed by atoms with van der Waals surface area (Å²) in [5.41, 5.74) is 10.2. The van der Waals surface area contributed by atoms with Crippen molar-refractivity contribution in [2.45, 2.75) is 77.2 Å². The van der Waals surface area contributed by atoms with Gasteiger partial charge in [0.1, 0.15) is 12.5 Å². The Morgan fingerprint density at radius 1 is 1.12 bits per heavy atom. The van der Waals surface area contributed by atoms with Crippen molar-refractivity contribution < 1.29 is 34.3 Å². The molecule has 0 saturated carbocycles. The third kappa shape index (κ3) is 9.33. The van der Waals surface area contributed by atoms with Crippen LogP contribution in [0, 0.1) is 29.6 Å². The number of carbonyl (C=O) groups excluding carboxylic acids is 1. The number of benzene rings is 2. The number of fused-ring (bicyclic) bond motifs is 5. The molecule has 7 N–H and O–H groups in total. The molecule has 0 spiro atoms. The molecule has 13 heteroatoms. The Morgan fingerprint density at radius 3 is 2.68 bits per heavy atom. The number of aliphatic hydroxyl groups excluding tert-OH is 2. The predicted molar refractivity (Wildman–Crippen MR) is 199 cm³/mol. The lowest BCUT2D eigenvalue weighted by atomic mass is 9.81. The standard InChI is InChI=1S/C37H50N4O7S2/c1-21(2)31-19-50-49-18-25(17-40-37(38)41-31)30-16-29-23-9-12-27(43)15-26(42)11-8-22-10-13-32(44)34(46-4)28(22)7-5-6-24(14-23)33(47-20-39-3)35(29)48-36(30)45/h10,13-14,21,25,27,30-31,36,39,43-45H,6,8-9,11-12,15-20H2,1-4H3,(H3,38,40,41). The second kappa shape index (κ2) is 17.8. The maximum Gasteiger partial charge on any atom is 0.201 e. The van der Waals surface area contributed by atoms with Crippen LogP contribution in [-0.2, 0) is 30.5 Å². The number of ketones is 1. The van der Waals surface area contributed by atoms with E-state index in [0.29, 0.717) is 61.2 Å². The molecule has 1 aliphatic carbocycles. The van der Waals surface area contributed by atoms with Crippen molar-refractivity contribution in [2.75, 3.05) is 38.9 Å². The number of aliphatic imine (C=N–C) groups is 1. The number of aromatic hydroxyl groups is 1. The number of methoxy groups -OCH3 is 1. The number of guanidine groups is 1. The molecule has 2 aromatic rings. The molecule has 50 heavy (non-hydrogen) atoms. The molecule has 0 amide bonds. The van der Waals surface area contributed by atoms with Crippen molar-refractivity contribution in [3.8, 4) is 34.8 Å². The van der Waals surface area contributed by atoms with Gasteiger partial charge in [0.2, 0.25) is 6.29 Å². The molecule has 0 saturated heterocycles. The summed E-state index contributed by atoms with van der Waals surface area (Å²) < 4.78 is 18.1. The van der Waals surface area contributed by atoms with Gasteiger partial charge in [-0.1, -0.05) is 59.4 Å². The predicted octanol–water partition coefficient (Wildman–Crippen LogP) is 3.56. The second-order valence-corrected chi connectivity index (χ2v) is 16.0. The molecule has 5 unspecified atom stereocenters. The Labute approximate surface area is 302 Å². The van der Waals surface area contributed by atoms with Crippen LogP contribution in [0.5, 0.6) is 23.0 Å². The Morgan fingerprint density at radius 2 is 1.92 bits per heavy atom. The van der Waals surface area contributed by atoms with Gasteiger partial charge in [-0.3, -0.25) is 15.1 Å². The molecule has 0 fully saturated rings. The van der Waals surface area contributed by atoms with Crippen molar-refractivity contribution in [3.63, 3.8) is 0 Å². The first-order chi connectivity index (χ1) is 24.1. The number of hydrogen-bond donors (Lipinski definition) is 6. The van der Waals surface area contributed by atoms with Crippen molar-refractivity contribution in [3.05, 3.63) is 46.0 Å². The van der Waals surface area contributed by atoms with Gasteiger partial charge in [0.25, 0.3) is 0 Å². The summed E-state index contributed by atoms with van der Waals surface area (Å²) in [5.74, 6) is 9.72. The van der Waals surface area contributed by atoms with Crippen LogP contribution < -0.4 is 30.6 Å². The zero-order chi connectivity index (χ0) is 35.8. The molecule has 2 heterocycles. The summed E-state index contributed by atoms with van der Waals surface area (Å²) in [6, 6.07) is 5.56. The second-order valence-electron chi connectivity index (χ2n) is 13.5. The van der Waals surface area contributed by atoms with Gasteiger partial charge in [0.05, 0.1) is 18.8 Å². The first-order valence-electron chi connectivity index (χ1n) is 17.3. The quantitative estimate of drug-likeness (QED) is 0.146. The van der Waals surface area contributed by atoms with Crippen LogP contribution in [0.3, 0.4) is 0 Å².